The van der Waals surface area contributed by atoms with Crippen LogP contribution in [0.25, 0.3) is 0 Å². The Morgan fingerprint density at radius 3 is 2.07 bits per heavy atom. The van der Waals surface area contributed by atoms with Crippen LogP contribution in [0.2, 0.25) is 0 Å². The largest absolute Gasteiger partial charge is 0.390 e. The van der Waals surface area contributed by atoms with E-state index < -0.39 is 5.60 Å². The molecule has 2 heteroatoms. The lowest BCUT2D eigenvalue weighted by molar-refractivity contribution is -0.0304. The van der Waals surface area contributed by atoms with Crippen molar-refractivity contribution in [2.75, 3.05) is 6.61 Å². The fraction of sp³-hybridized carbons (Fsp3) is 1.00. The lowest BCUT2D eigenvalue weighted by Gasteiger charge is -2.32. The van der Waals surface area contributed by atoms with E-state index in [2.05, 4.69) is 34.6 Å². The molecule has 2 unspecified atom stereocenters. The summed E-state index contributed by atoms with van der Waals surface area (Å²) < 4.78 is 5.82. The zero-order chi connectivity index (χ0) is 11.7. The zero-order valence-electron chi connectivity index (χ0n) is 10.8. The summed E-state index contributed by atoms with van der Waals surface area (Å²) in [4.78, 5) is 0. The van der Waals surface area contributed by atoms with Crippen LogP contribution in [0, 0.1) is 11.3 Å². The maximum atomic E-state index is 10.4. The summed E-state index contributed by atoms with van der Waals surface area (Å²) in [7, 11) is 0. The van der Waals surface area contributed by atoms with Crippen molar-refractivity contribution in [1.29, 1.82) is 0 Å². The molecule has 0 aromatic heterocycles. The Morgan fingerprint density at radius 1 is 1.20 bits per heavy atom. The Balaban J connectivity index is 2.63. The van der Waals surface area contributed by atoms with Crippen molar-refractivity contribution in [1.82, 2.24) is 0 Å². The quantitative estimate of drug-likeness (QED) is 0.782. The highest BCUT2D eigenvalue weighted by Crippen LogP contribution is 2.39. The number of rotatable bonds is 3. The molecule has 1 saturated heterocycles. The Kier molecular flexibility index (Phi) is 3.83. The molecule has 90 valence electrons. The van der Waals surface area contributed by atoms with E-state index in [4.69, 9.17) is 4.74 Å². The fourth-order valence-corrected chi connectivity index (χ4v) is 2.43. The summed E-state index contributed by atoms with van der Waals surface area (Å²) in [5, 5.41) is 10.4. The minimum Gasteiger partial charge on any atom is -0.390 e. The molecule has 0 saturated carbocycles. The SMILES string of the molecule is CCC(O)(CC)C1COC(C(C)(C)C)C1. The molecule has 0 spiro atoms. The summed E-state index contributed by atoms with van der Waals surface area (Å²) >= 11 is 0. The first-order valence-electron chi connectivity index (χ1n) is 6.17. The average molecular weight is 214 g/mol. The number of aliphatic hydroxyl groups is 1. The Hall–Kier alpha value is -0.0800. The van der Waals surface area contributed by atoms with E-state index in [-0.39, 0.29) is 5.41 Å². The highest BCUT2D eigenvalue weighted by Gasteiger charge is 2.42. The van der Waals surface area contributed by atoms with Gasteiger partial charge in [0, 0.05) is 5.92 Å². The number of hydrogen-bond acceptors (Lipinski definition) is 2. The van der Waals surface area contributed by atoms with Crippen molar-refractivity contribution in [3.05, 3.63) is 0 Å². The van der Waals surface area contributed by atoms with E-state index >= 15 is 0 Å². The lowest BCUT2D eigenvalue weighted by atomic mass is 9.77. The van der Waals surface area contributed by atoms with E-state index in [0.29, 0.717) is 12.0 Å². The van der Waals surface area contributed by atoms with Gasteiger partial charge in [0.05, 0.1) is 18.3 Å². The third kappa shape index (κ3) is 2.73. The van der Waals surface area contributed by atoms with Crippen molar-refractivity contribution in [3.8, 4) is 0 Å². The van der Waals surface area contributed by atoms with Gasteiger partial charge in [0.25, 0.3) is 0 Å². The normalized spacial score (nSPS) is 28.4. The van der Waals surface area contributed by atoms with Crippen LogP contribution < -0.4 is 0 Å². The van der Waals surface area contributed by atoms with Crippen LogP contribution in [0.15, 0.2) is 0 Å². The molecule has 0 aliphatic carbocycles. The average Bonchev–Trinajstić information content (AvgIpc) is 2.65. The molecule has 2 atom stereocenters. The summed E-state index contributed by atoms with van der Waals surface area (Å²) in [6, 6.07) is 0. The second-order valence-electron chi connectivity index (χ2n) is 5.93. The molecule has 15 heavy (non-hydrogen) atoms. The van der Waals surface area contributed by atoms with E-state index in [1.807, 2.05) is 0 Å². The highest BCUT2D eigenvalue weighted by atomic mass is 16.5. The molecular weight excluding hydrogens is 188 g/mol. The van der Waals surface area contributed by atoms with Gasteiger partial charge in [0.15, 0.2) is 0 Å². The predicted octanol–water partition coefficient (Wildman–Crippen LogP) is 2.99. The monoisotopic (exact) mass is 214 g/mol. The van der Waals surface area contributed by atoms with Gasteiger partial charge in [-0.15, -0.1) is 0 Å². The second-order valence-corrected chi connectivity index (χ2v) is 5.93. The Bertz CT molecular complexity index is 201. The van der Waals surface area contributed by atoms with Crippen LogP contribution in [0.4, 0.5) is 0 Å². The van der Waals surface area contributed by atoms with E-state index in [9.17, 15) is 5.11 Å². The molecule has 0 amide bonds. The van der Waals surface area contributed by atoms with Gasteiger partial charge in [-0.05, 0) is 24.7 Å². The molecule has 1 rings (SSSR count). The Labute approximate surface area is 94.0 Å². The van der Waals surface area contributed by atoms with Gasteiger partial charge >= 0.3 is 0 Å². The topological polar surface area (TPSA) is 29.5 Å². The summed E-state index contributed by atoms with van der Waals surface area (Å²) in [5.74, 6) is 0.316. The van der Waals surface area contributed by atoms with Crippen LogP contribution in [-0.2, 0) is 4.74 Å². The van der Waals surface area contributed by atoms with Gasteiger partial charge in [-0.3, -0.25) is 0 Å². The van der Waals surface area contributed by atoms with Crippen LogP contribution in [0.3, 0.4) is 0 Å². The number of ether oxygens (including phenoxy) is 1. The van der Waals surface area contributed by atoms with E-state index in [0.717, 1.165) is 25.9 Å². The Morgan fingerprint density at radius 2 is 1.73 bits per heavy atom. The van der Waals surface area contributed by atoms with E-state index in [1.54, 1.807) is 0 Å². The molecule has 0 aromatic carbocycles. The van der Waals surface area contributed by atoms with Crippen molar-refractivity contribution in [3.63, 3.8) is 0 Å². The fourth-order valence-electron chi connectivity index (χ4n) is 2.43. The third-order valence-electron chi connectivity index (χ3n) is 3.95. The van der Waals surface area contributed by atoms with Gasteiger partial charge < -0.3 is 9.84 Å². The van der Waals surface area contributed by atoms with Crippen LogP contribution in [-0.4, -0.2) is 23.4 Å². The molecule has 1 aliphatic rings. The molecule has 1 fully saturated rings. The molecule has 1 N–H and O–H groups in total. The van der Waals surface area contributed by atoms with Crippen LogP contribution in [0.1, 0.15) is 53.9 Å². The van der Waals surface area contributed by atoms with Crippen LogP contribution in [0.5, 0.6) is 0 Å². The molecule has 1 heterocycles. The maximum Gasteiger partial charge on any atom is 0.0693 e. The van der Waals surface area contributed by atoms with E-state index in [1.165, 1.54) is 0 Å². The molecular formula is C13H26O2. The van der Waals surface area contributed by atoms with Crippen molar-refractivity contribution < 1.29 is 9.84 Å². The minimum atomic E-state index is -0.514. The van der Waals surface area contributed by atoms with Crippen molar-refractivity contribution in [2.45, 2.75) is 65.6 Å². The zero-order valence-corrected chi connectivity index (χ0v) is 10.8. The van der Waals surface area contributed by atoms with Crippen LogP contribution >= 0.6 is 0 Å². The summed E-state index contributed by atoms with van der Waals surface area (Å²) in [6.45, 7) is 11.5. The second kappa shape index (κ2) is 4.42. The molecule has 0 bridgehead atoms. The predicted molar refractivity (Wildman–Crippen MR) is 62.8 cm³/mol. The lowest BCUT2D eigenvalue weighted by Crippen LogP contribution is -2.37. The third-order valence-corrected chi connectivity index (χ3v) is 3.95. The maximum absolute atomic E-state index is 10.4. The van der Waals surface area contributed by atoms with Gasteiger partial charge in [-0.1, -0.05) is 34.6 Å². The van der Waals surface area contributed by atoms with Crippen molar-refractivity contribution >= 4 is 0 Å². The molecule has 1 aliphatic heterocycles. The molecule has 0 radical (unpaired) electrons. The molecule has 2 nitrogen and oxygen atoms in total. The van der Waals surface area contributed by atoms with Gasteiger partial charge in [-0.25, -0.2) is 0 Å². The smallest absolute Gasteiger partial charge is 0.0693 e. The van der Waals surface area contributed by atoms with Gasteiger partial charge in [0.1, 0.15) is 0 Å². The first-order valence-corrected chi connectivity index (χ1v) is 6.17. The van der Waals surface area contributed by atoms with Gasteiger partial charge in [-0.2, -0.15) is 0 Å². The first kappa shape index (κ1) is 13.0. The summed E-state index contributed by atoms with van der Waals surface area (Å²) in [5.41, 5.74) is -0.322. The highest BCUT2D eigenvalue weighted by molar-refractivity contribution is 4.92. The van der Waals surface area contributed by atoms with Gasteiger partial charge in [0.2, 0.25) is 0 Å². The minimum absolute atomic E-state index is 0.192. The summed E-state index contributed by atoms with van der Waals surface area (Å²) in [6.07, 6.45) is 2.96. The molecule has 0 aromatic rings. The first-order chi connectivity index (χ1) is 6.83. The number of hydrogen-bond donors (Lipinski definition) is 1. The van der Waals surface area contributed by atoms with Crippen molar-refractivity contribution in [2.24, 2.45) is 11.3 Å². The standard InChI is InChI=1S/C13H26O2/c1-6-13(14,7-2)10-8-11(15-9-10)12(3,4)5/h10-11,14H,6-9H2,1-5H3.